The molecule has 2 amide bonds. The Bertz CT molecular complexity index is 1440. The minimum atomic E-state index is -5.08. The third-order valence-corrected chi connectivity index (χ3v) is 10.8. The van der Waals surface area contributed by atoms with Crippen LogP contribution in [0.25, 0.3) is 0 Å². The molecule has 10 nitrogen and oxygen atoms in total. The summed E-state index contributed by atoms with van der Waals surface area (Å²) in [6.45, 7) is 1.98. The molecule has 254 valence electrons. The Balaban J connectivity index is 0.000000644. The number of rotatable bonds is 8. The van der Waals surface area contributed by atoms with Gasteiger partial charge in [0, 0.05) is 42.5 Å². The van der Waals surface area contributed by atoms with Gasteiger partial charge in [0.2, 0.25) is 16.9 Å². The Kier molecular flexibility index (Phi) is 13.1. The van der Waals surface area contributed by atoms with Crippen LogP contribution in [0.2, 0.25) is 0 Å². The summed E-state index contributed by atoms with van der Waals surface area (Å²) in [6, 6.07) is 15.0. The molecule has 3 aliphatic heterocycles. The first-order valence-corrected chi connectivity index (χ1v) is 17.9. The fourth-order valence-corrected chi connectivity index (χ4v) is 8.70. The zero-order valence-corrected chi connectivity index (χ0v) is 27.5. The number of fused-ring (bicyclic) bond motifs is 3. The van der Waals surface area contributed by atoms with Crippen LogP contribution in [-0.4, -0.2) is 115 Å². The molecule has 16 heteroatoms. The number of nitrogens with one attached hydrogen (secondary N) is 1. The molecule has 5 rings (SSSR count). The molecule has 0 saturated carbocycles. The van der Waals surface area contributed by atoms with E-state index in [1.807, 2.05) is 66.4 Å². The molecular formula is C31H34F3N3O7S3. The van der Waals surface area contributed by atoms with E-state index < -0.39 is 35.4 Å². The molecule has 2 aromatic carbocycles. The van der Waals surface area contributed by atoms with E-state index in [-0.39, 0.29) is 35.9 Å². The smallest absolute Gasteiger partial charge is 0.480 e. The number of carboxylic acids is 2. The van der Waals surface area contributed by atoms with Crippen LogP contribution in [0.5, 0.6) is 0 Å². The predicted molar refractivity (Wildman–Crippen MR) is 174 cm³/mol. The van der Waals surface area contributed by atoms with Crippen LogP contribution in [0.15, 0.2) is 54.6 Å². The van der Waals surface area contributed by atoms with Crippen LogP contribution in [-0.2, 0) is 36.8 Å². The summed E-state index contributed by atoms with van der Waals surface area (Å²) in [5.41, 5.74) is 2.77. The van der Waals surface area contributed by atoms with E-state index in [4.69, 9.17) is 9.90 Å². The zero-order chi connectivity index (χ0) is 34.1. The fraction of sp³-hybridized carbons (Fsp3) is 0.452. The zero-order valence-electron chi connectivity index (χ0n) is 25.1. The van der Waals surface area contributed by atoms with E-state index in [2.05, 4.69) is 10.2 Å². The van der Waals surface area contributed by atoms with Gasteiger partial charge >= 0.3 is 18.1 Å². The van der Waals surface area contributed by atoms with E-state index in [1.54, 1.807) is 0 Å². The number of hydrogen-bond acceptors (Lipinski definition) is 9. The first-order valence-electron chi connectivity index (χ1n) is 14.7. The molecule has 2 fully saturated rings. The molecule has 47 heavy (non-hydrogen) atoms. The van der Waals surface area contributed by atoms with Gasteiger partial charge in [-0.25, -0.2) is 9.59 Å². The molecule has 3 heterocycles. The van der Waals surface area contributed by atoms with Gasteiger partial charge in [-0.3, -0.25) is 19.3 Å². The maximum atomic E-state index is 13.9. The van der Waals surface area contributed by atoms with Crippen LogP contribution in [0.3, 0.4) is 0 Å². The van der Waals surface area contributed by atoms with Crippen LogP contribution in [0, 0.1) is 0 Å². The summed E-state index contributed by atoms with van der Waals surface area (Å²) in [5, 5.41) is 19.2. The van der Waals surface area contributed by atoms with Crippen molar-refractivity contribution in [3.63, 3.8) is 0 Å². The summed E-state index contributed by atoms with van der Waals surface area (Å²) >= 11 is 4.43. The number of halogens is 3. The molecule has 3 aliphatic rings. The SMILES string of the molecule is O=C(CN1CCSCC1)S[C@@H](Cc1ccccc1)C(=O)N[C@@H]1Cc2ccccc2[C@@H]2CSC[C@H](C(=O)O)N2C1=O.O=C(O)C(F)(F)F. The number of benzene rings is 2. The summed E-state index contributed by atoms with van der Waals surface area (Å²) in [4.78, 5) is 65.5. The second kappa shape index (κ2) is 16.8. The Morgan fingerprint density at radius 3 is 2.23 bits per heavy atom. The summed E-state index contributed by atoms with van der Waals surface area (Å²) in [6.07, 6.45) is -4.47. The first kappa shape index (κ1) is 36.6. The lowest BCUT2D eigenvalue weighted by atomic mass is 9.98. The number of amides is 2. The number of thioether (sulfide) groups is 3. The maximum Gasteiger partial charge on any atom is 0.490 e. The van der Waals surface area contributed by atoms with E-state index in [9.17, 15) is 37.5 Å². The van der Waals surface area contributed by atoms with E-state index >= 15 is 0 Å². The number of nitrogens with zero attached hydrogens (tertiary/aromatic N) is 2. The molecule has 0 radical (unpaired) electrons. The van der Waals surface area contributed by atoms with Crippen molar-refractivity contribution >= 4 is 64.2 Å². The highest BCUT2D eigenvalue weighted by Gasteiger charge is 2.45. The molecule has 2 aromatic rings. The molecule has 3 N–H and O–H groups in total. The lowest BCUT2D eigenvalue weighted by molar-refractivity contribution is -0.192. The number of carboxylic acid groups (broad SMARTS) is 2. The second-order valence-electron chi connectivity index (χ2n) is 11.0. The second-order valence-corrected chi connectivity index (χ2v) is 14.5. The topological polar surface area (TPSA) is 144 Å². The standard InChI is InChI=1S/C29H33N3O5S3.C2HF3O2/c33-26(16-31-10-12-38-13-11-31)40-25(14-19-6-2-1-3-7-19)27(34)30-22-15-20-8-4-5-9-21(20)23-17-39-18-24(29(36)37)32(23)28(22)35;3-2(4,5)1(6)7/h1-9,22-25H,10-18H2,(H,30,34)(H,36,37);(H,6,7)/t22-,23+,24-,25+;/m1./s1. The molecule has 0 spiro atoms. The highest BCUT2D eigenvalue weighted by molar-refractivity contribution is 8.14. The number of aliphatic carboxylic acids is 2. The van der Waals surface area contributed by atoms with Gasteiger partial charge in [-0.15, -0.1) is 0 Å². The molecule has 2 saturated heterocycles. The Morgan fingerprint density at radius 1 is 0.957 bits per heavy atom. The third kappa shape index (κ3) is 10.1. The van der Waals surface area contributed by atoms with Crippen LogP contribution in [0.1, 0.15) is 22.7 Å². The molecule has 0 aliphatic carbocycles. The summed E-state index contributed by atoms with van der Waals surface area (Å²) < 4.78 is 31.7. The Labute approximate surface area is 282 Å². The molecule has 4 atom stereocenters. The van der Waals surface area contributed by atoms with Crippen molar-refractivity contribution in [1.82, 2.24) is 15.1 Å². The highest BCUT2D eigenvalue weighted by atomic mass is 32.2. The number of hydrogen-bond donors (Lipinski definition) is 3. The van der Waals surface area contributed by atoms with Crippen molar-refractivity contribution in [3.8, 4) is 0 Å². The number of carbonyl (C=O) groups is 5. The summed E-state index contributed by atoms with van der Waals surface area (Å²) in [5.74, 6) is -1.69. The van der Waals surface area contributed by atoms with Gasteiger partial charge in [0.25, 0.3) is 0 Å². The van der Waals surface area contributed by atoms with Crippen molar-refractivity contribution in [3.05, 3.63) is 71.3 Å². The average Bonchev–Trinajstić information content (AvgIpc) is 3.15. The van der Waals surface area contributed by atoms with Crippen molar-refractivity contribution in [2.24, 2.45) is 0 Å². The van der Waals surface area contributed by atoms with Gasteiger partial charge in [-0.05, 0) is 23.1 Å². The van der Waals surface area contributed by atoms with Crippen molar-refractivity contribution in [1.29, 1.82) is 0 Å². The number of carbonyl (C=O) groups excluding carboxylic acids is 3. The molecular weight excluding hydrogens is 680 g/mol. The molecule has 0 bridgehead atoms. The maximum absolute atomic E-state index is 13.9. The van der Waals surface area contributed by atoms with E-state index in [1.165, 1.54) is 16.7 Å². The molecule has 0 unspecified atom stereocenters. The monoisotopic (exact) mass is 713 g/mol. The van der Waals surface area contributed by atoms with Gasteiger partial charge < -0.3 is 20.4 Å². The van der Waals surface area contributed by atoms with Crippen molar-refractivity contribution in [2.45, 2.75) is 42.4 Å². The molecule has 0 aromatic heterocycles. The van der Waals surface area contributed by atoms with Crippen LogP contribution >= 0.6 is 35.3 Å². The third-order valence-electron chi connectivity index (χ3n) is 7.74. The quantitative estimate of drug-likeness (QED) is 0.371. The van der Waals surface area contributed by atoms with Crippen LogP contribution < -0.4 is 5.32 Å². The summed E-state index contributed by atoms with van der Waals surface area (Å²) in [7, 11) is 0. The van der Waals surface area contributed by atoms with Gasteiger partial charge in [0.15, 0.2) is 0 Å². The largest absolute Gasteiger partial charge is 0.490 e. The van der Waals surface area contributed by atoms with Crippen molar-refractivity contribution < 1.29 is 47.4 Å². The van der Waals surface area contributed by atoms with E-state index in [0.717, 1.165) is 53.0 Å². The Morgan fingerprint density at radius 2 is 1.60 bits per heavy atom. The van der Waals surface area contributed by atoms with Gasteiger partial charge in [-0.1, -0.05) is 66.4 Å². The van der Waals surface area contributed by atoms with E-state index in [0.29, 0.717) is 17.9 Å². The highest BCUT2D eigenvalue weighted by Crippen LogP contribution is 2.38. The van der Waals surface area contributed by atoms with Gasteiger partial charge in [0.05, 0.1) is 17.8 Å². The normalized spacial score (nSPS) is 22.0. The minimum Gasteiger partial charge on any atom is -0.480 e. The fourth-order valence-electron chi connectivity index (χ4n) is 5.47. The lowest BCUT2D eigenvalue weighted by Gasteiger charge is -2.40. The van der Waals surface area contributed by atoms with Crippen LogP contribution in [0.4, 0.5) is 13.2 Å². The average molecular weight is 714 g/mol. The first-order chi connectivity index (χ1) is 22.3. The predicted octanol–water partition coefficient (Wildman–Crippen LogP) is 3.35. The minimum absolute atomic E-state index is 0.0698. The van der Waals surface area contributed by atoms with Crippen molar-refractivity contribution in [2.75, 3.05) is 42.6 Å². The van der Waals surface area contributed by atoms with Gasteiger partial charge in [-0.2, -0.15) is 36.7 Å². The number of alkyl halides is 3. The van der Waals surface area contributed by atoms with Gasteiger partial charge in [0.1, 0.15) is 12.1 Å². The lowest BCUT2D eigenvalue weighted by Crippen LogP contribution is -2.57. The Hall–Kier alpha value is -3.21.